The van der Waals surface area contributed by atoms with E-state index in [1.54, 1.807) is 18.2 Å². The predicted octanol–water partition coefficient (Wildman–Crippen LogP) is 2.17. The van der Waals surface area contributed by atoms with E-state index in [4.69, 9.17) is 0 Å². The van der Waals surface area contributed by atoms with Gasteiger partial charge in [-0.15, -0.1) is 0 Å². The summed E-state index contributed by atoms with van der Waals surface area (Å²) < 4.78 is 0.779. The maximum atomic E-state index is 11.5. The molecule has 1 aromatic heterocycles. The number of rotatable bonds is 4. The van der Waals surface area contributed by atoms with Crippen molar-refractivity contribution in [3.05, 3.63) is 18.2 Å². The smallest absolute Gasteiger partial charge is 0.233 e. The molecule has 7 heteroatoms. The molecule has 2 aromatic rings. The van der Waals surface area contributed by atoms with Gasteiger partial charge in [0.2, 0.25) is 11.8 Å². The van der Waals surface area contributed by atoms with E-state index in [1.807, 2.05) is 0 Å². The number of hydrogen-bond acceptors (Lipinski definition) is 5. The maximum absolute atomic E-state index is 11.5. The normalized spacial score (nSPS) is 10.3. The summed E-state index contributed by atoms with van der Waals surface area (Å²) in [5, 5.41) is 5.70. The highest BCUT2D eigenvalue weighted by atomic mass is 32.1. The van der Waals surface area contributed by atoms with Crippen LogP contribution >= 0.6 is 11.3 Å². The number of nitrogens with one attached hydrogen (secondary N) is 2. The fourth-order valence-corrected chi connectivity index (χ4v) is 2.63. The largest absolute Gasteiger partial charge is 0.325 e. The van der Waals surface area contributed by atoms with Crippen molar-refractivity contribution in [3.63, 3.8) is 0 Å². The van der Waals surface area contributed by atoms with Gasteiger partial charge in [0.25, 0.3) is 0 Å². The van der Waals surface area contributed by atoms with Gasteiger partial charge in [-0.05, 0) is 19.1 Å². The van der Waals surface area contributed by atoms with Gasteiger partial charge in [-0.3, -0.25) is 14.4 Å². The topological polar surface area (TPSA) is 88.2 Å². The van der Waals surface area contributed by atoms with Gasteiger partial charge in [-0.2, -0.15) is 0 Å². The first-order valence-corrected chi connectivity index (χ1v) is 6.74. The van der Waals surface area contributed by atoms with Crippen LogP contribution in [0.1, 0.15) is 20.3 Å². The lowest BCUT2D eigenvalue weighted by Gasteiger charge is -2.01. The Morgan fingerprint density at radius 1 is 1.20 bits per heavy atom. The standard InChI is InChI=1S/C13H13N3O3S/c1-7(17)6-11(19)16-13-15-10-5-3-4-9(12(10)20-13)14-8(2)18/h3-5H,6H2,1-2H3,(H,14,18)(H,15,16,19). The van der Waals surface area contributed by atoms with E-state index in [-0.39, 0.29) is 18.1 Å². The molecule has 0 aliphatic rings. The molecule has 0 radical (unpaired) electrons. The summed E-state index contributed by atoms with van der Waals surface area (Å²) in [6.45, 7) is 2.78. The van der Waals surface area contributed by atoms with E-state index in [9.17, 15) is 14.4 Å². The van der Waals surface area contributed by atoms with Crippen molar-refractivity contribution < 1.29 is 14.4 Å². The molecule has 1 heterocycles. The molecule has 0 bridgehead atoms. The monoisotopic (exact) mass is 291 g/mol. The van der Waals surface area contributed by atoms with Crippen LogP contribution in [-0.2, 0) is 14.4 Å². The van der Waals surface area contributed by atoms with Crippen molar-refractivity contribution in [1.29, 1.82) is 0 Å². The number of thiazole rings is 1. The van der Waals surface area contributed by atoms with Gasteiger partial charge in [0.1, 0.15) is 5.78 Å². The number of fused-ring (bicyclic) bond motifs is 1. The zero-order valence-electron chi connectivity index (χ0n) is 11.0. The Kier molecular flexibility index (Phi) is 4.09. The molecular weight excluding hydrogens is 278 g/mol. The lowest BCUT2D eigenvalue weighted by molar-refractivity contribution is -0.124. The van der Waals surface area contributed by atoms with Crippen molar-refractivity contribution in [2.24, 2.45) is 0 Å². The first-order chi connectivity index (χ1) is 9.45. The molecule has 0 unspecified atom stereocenters. The third kappa shape index (κ3) is 3.39. The highest BCUT2D eigenvalue weighted by molar-refractivity contribution is 7.23. The maximum Gasteiger partial charge on any atom is 0.233 e. The van der Waals surface area contributed by atoms with E-state index in [1.165, 1.54) is 25.2 Å². The van der Waals surface area contributed by atoms with E-state index in [0.29, 0.717) is 16.3 Å². The molecule has 20 heavy (non-hydrogen) atoms. The Balaban J connectivity index is 2.27. The number of Topliss-reactive ketones (excluding diaryl/α,β-unsaturated/α-hetero) is 1. The molecule has 104 valence electrons. The van der Waals surface area contributed by atoms with Crippen molar-refractivity contribution in [2.75, 3.05) is 10.6 Å². The van der Waals surface area contributed by atoms with E-state index in [2.05, 4.69) is 15.6 Å². The molecule has 0 saturated carbocycles. The molecule has 0 spiro atoms. The second-order valence-electron chi connectivity index (χ2n) is 4.28. The van der Waals surface area contributed by atoms with Crippen LogP contribution in [-0.4, -0.2) is 22.6 Å². The van der Waals surface area contributed by atoms with Gasteiger partial charge in [-0.25, -0.2) is 4.98 Å². The summed E-state index contributed by atoms with van der Waals surface area (Å²) in [5.41, 5.74) is 1.33. The minimum atomic E-state index is -0.391. The van der Waals surface area contributed by atoms with E-state index >= 15 is 0 Å². The lowest BCUT2D eigenvalue weighted by atomic mass is 10.3. The second kappa shape index (κ2) is 5.79. The number of anilines is 2. The molecule has 2 N–H and O–H groups in total. The summed E-state index contributed by atoms with van der Waals surface area (Å²) in [6.07, 6.45) is -0.172. The zero-order chi connectivity index (χ0) is 14.7. The van der Waals surface area contributed by atoms with Crippen LogP contribution in [0.5, 0.6) is 0 Å². The van der Waals surface area contributed by atoms with Gasteiger partial charge in [0.15, 0.2) is 5.13 Å². The number of amides is 2. The molecule has 0 aliphatic carbocycles. The van der Waals surface area contributed by atoms with Crippen LogP contribution in [0.3, 0.4) is 0 Å². The zero-order valence-corrected chi connectivity index (χ0v) is 11.8. The van der Waals surface area contributed by atoms with Gasteiger partial charge >= 0.3 is 0 Å². The number of aromatic nitrogens is 1. The minimum Gasteiger partial charge on any atom is -0.325 e. The number of ketones is 1. The highest BCUT2D eigenvalue weighted by Crippen LogP contribution is 2.32. The highest BCUT2D eigenvalue weighted by Gasteiger charge is 2.12. The van der Waals surface area contributed by atoms with Crippen LogP contribution in [0.4, 0.5) is 10.8 Å². The molecule has 2 rings (SSSR count). The number of carbonyl (C=O) groups is 3. The van der Waals surface area contributed by atoms with E-state index < -0.39 is 5.91 Å². The first-order valence-electron chi connectivity index (χ1n) is 5.92. The molecule has 0 saturated heterocycles. The van der Waals surface area contributed by atoms with E-state index in [0.717, 1.165) is 4.70 Å². The summed E-state index contributed by atoms with van der Waals surface area (Å²) in [7, 11) is 0. The fourth-order valence-electron chi connectivity index (χ4n) is 1.68. The molecular formula is C13H13N3O3S. The third-order valence-corrected chi connectivity index (χ3v) is 3.40. The van der Waals surface area contributed by atoms with Crippen LogP contribution in [0.2, 0.25) is 0 Å². The van der Waals surface area contributed by atoms with Crippen molar-refractivity contribution in [3.8, 4) is 0 Å². The Morgan fingerprint density at radius 3 is 2.60 bits per heavy atom. The fraction of sp³-hybridized carbons (Fsp3) is 0.231. The summed E-state index contributed by atoms with van der Waals surface area (Å²) >= 11 is 1.25. The van der Waals surface area contributed by atoms with Gasteiger partial charge < -0.3 is 10.6 Å². The molecule has 0 fully saturated rings. The lowest BCUT2D eigenvalue weighted by Crippen LogP contribution is -2.14. The average molecular weight is 291 g/mol. The second-order valence-corrected chi connectivity index (χ2v) is 5.28. The average Bonchev–Trinajstić information content (AvgIpc) is 2.70. The van der Waals surface area contributed by atoms with Crippen LogP contribution < -0.4 is 10.6 Å². The number of carbonyl (C=O) groups excluding carboxylic acids is 3. The van der Waals surface area contributed by atoms with Gasteiger partial charge in [-0.1, -0.05) is 17.4 Å². The van der Waals surface area contributed by atoms with Gasteiger partial charge in [0, 0.05) is 6.92 Å². The Labute approximate surface area is 119 Å². The molecule has 2 amide bonds. The van der Waals surface area contributed by atoms with Crippen LogP contribution in [0, 0.1) is 0 Å². The summed E-state index contributed by atoms with van der Waals surface area (Å²) in [5.74, 6) is -0.770. The molecule has 6 nitrogen and oxygen atoms in total. The van der Waals surface area contributed by atoms with Crippen molar-refractivity contribution >= 4 is 50.0 Å². The van der Waals surface area contributed by atoms with Crippen LogP contribution in [0.25, 0.3) is 10.2 Å². The molecule has 0 aliphatic heterocycles. The third-order valence-electron chi connectivity index (χ3n) is 2.38. The summed E-state index contributed by atoms with van der Waals surface area (Å²) in [4.78, 5) is 37.8. The summed E-state index contributed by atoms with van der Waals surface area (Å²) in [6, 6.07) is 5.33. The SMILES string of the molecule is CC(=O)CC(=O)Nc1nc2cccc(NC(C)=O)c2s1. The quantitative estimate of drug-likeness (QED) is 0.845. The first kappa shape index (κ1) is 14.1. The Hall–Kier alpha value is -2.28. The van der Waals surface area contributed by atoms with Crippen LogP contribution in [0.15, 0.2) is 18.2 Å². The molecule has 0 atom stereocenters. The number of benzene rings is 1. The Bertz CT molecular complexity index is 693. The van der Waals surface area contributed by atoms with Gasteiger partial charge in [0.05, 0.1) is 22.3 Å². The Morgan fingerprint density at radius 2 is 1.95 bits per heavy atom. The minimum absolute atomic E-state index is 0.172. The van der Waals surface area contributed by atoms with Crippen molar-refractivity contribution in [1.82, 2.24) is 4.98 Å². The predicted molar refractivity (Wildman–Crippen MR) is 77.9 cm³/mol. The number of nitrogens with zero attached hydrogens (tertiary/aromatic N) is 1. The number of hydrogen-bond donors (Lipinski definition) is 2. The molecule has 1 aromatic carbocycles. The van der Waals surface area contributed by atoms with Crippen molar-refractivity contribution in [2.45, 2.75) is 20.3 Å².